The fourth-order valence-corrected chi connectivity index (χ4v) is 3.58. The Labute approximate surface area is 157 Å². The fraction of sp³-hybridized carbons (Fsp3) is 0.333. The van der Waals surface area contributed by atoms with Crippen LogP contribution in [-0.2, 0) is 9.53 Å². The number of alkyl halides is 1. The molecule has 0 saturated heterocycles. The van der Waals surface area contributed by atoms with E-state index in [1.807, 2.05) is 48.5 Å². The van der Waals surface area contributed by atoms with Gasteiger partial charge in [0.15, 0.2) is 0 Å². The second-order valence-corrected chi connectivity index (χ2v) is 6.60. The average molecular weight is 371 g/mol. The minimum atomic E-state index is -1.17. The van der Waals surface area contributed by atoms with Crippen molar-refractivity contribution >= 4 is 12.1 Å². The van der Waals surface area contributed by atoms with Gasteiger partial charge in [-0.25, -0.2) is 9.59 Å². The first-order valence-electron chi connectivity index (χ1n) is 8.91. The van der Waals surface area contributed by atoms with Crippen LogP contribution >= 0.6 is 0 Å². The third kappa shape index (κ3) is 3.79. The smallest absolute Gasteiger partial charge is 0.410 e. The van der Waals surface area contributed by atoms with E-state index >= 15 is 0 Å². The SMILES string of the molecule is CN(C(=O)OCC1c2ccccc2-c2ccccc21)[C@@H](CCCF)C(=O)O. The molecule has 1 atom stereocenters. The van der Waals surface area contributed by atoms with Gasteiger partial charge in [0.2, 0.25) is 0 Å². The lowest BCUT2D eigenvalue weighted by Crippen LogP contribution is -2.43. The second kappa shape index (κ2) is 8.20. The molecule has 1 amide bonds. The molecule has 142 valence electrons. The lowest BCUT2D eigenvalue weighted by molar-refractivity contribution is -0.142. The Morgan fingerprint density at radius 2 is 1.67 bits per heavy atom. The standard InChI is InChI=1S/C21H22FNO4/c1-23(19(20(24)25)11-6-12-22)21(26)27-13-18-16-9-4-2-7-14(16)15-8-3-5-10-17(15)18/h2-5,7-10,18-19H,6,11-13H2,1H3,(H,24,25)/t19-/m0/s1. The number of amides is 1. The molecule has 27 heavy (non-hydrogen) atoms. The number of carbonyl (C=O) groups excluding carboxylic acids is 1. The number of aliphatic carboxylic acids is 1. The van der Waals surface area contributed by atoms with Gasteiger partial charge in [-0.15, -0.1) is 0 Å². The highest BCUT2D eigenvalue weighted by atomic mass is 19.1. The van der Waals surface area contributed by atoms with E-state index in [0.717, 1.165) is 27.2 Å². The molecular weight excluding hydrogens is 349 g/mol. The van der Waals surface area contributed by atoms with Crippen molar-refractivity contribution in [2.75, 3.05) is 20.3 Å². The number of ether oxygens (including phenoxy) is 1. The summed E-state index contributed by atoms with van der Waals surface area (Å²) in [4.78, 5) is 24.8. The molecule has 2 aromatic rings. The molecule has 0 aliphatic heterocycles. The van der Waals surface area contributed by atoms with Gasteiger partial charge in [0.1, 0.15) is 12.6 Å². The minimum Gasteiger partial charge on any atom is -0.480 e. The molecule has 0 spiro atoms. The van der Waals surface area contributed by atoms with Crippen LogP contribution in [0.5, 0.6) is 0 Å². The van der Waals surface area contributed by atoms with Gasteiger partial charge in [0, 0.05) is 13.0 Å². The quantitative estimate of drug-likeness (QED) is 0.797. The number of carboxylic acids is 1. The highest BCUT2D eigenvalue weighted by molar-refractivity contribution is 5.81. The van der Waals surface area contributed by atoms with Crippen molar-refractivity contribution in [3.8, 4) is 11.1 Å². The van der Waals surface area contributed by atoms with Crippen LogP contribution < -0.4 is 0 Å². The normalized spacial score (nSPS) is 13.6. The lowest BCUT2D eigenvalue weighted by Gasteiger charge is -2.25. The molecule has 0 bridgehead atoms. The molecule has 0 heterocycles. The van der Waals surface area contributed by atoms with Crippen molar-refractivity contribution in [3.63, 3.8) is 0 Å². The molecule has 6 heteroatoms. The van der Waals surface area contributed by atoms with E-state index in [4.69, 9.17) is 4.74 Å². The average Bonchev–Trinajstić information content (AvgIpc) is 3.00. The van der Waals surface area contributed by atoms with Crippen molar-refractivity contribution in [2.45, 2.75) is 24.8 Å². The molecule has 0 saturated carbocycles. The van der Waals surface area contributed by atoms with Gasteiger partial charge in [0.25, 0.3) is 0 Å². The van der Waals surface area contributed by atoms with Crippen molar-refractivity contribution < 1.29 is 23.8 Å². The third-order valence-electron chi connectivity index (χ3n) is 4.99. The van der Waals surface area contributed by atoms with E-state index in [2.05, 4.69) is 0 Å². The summed E-state index contributed by atoms with van der Waals surface area (Å²) in [5.74, 6) is -1.26. The number of benzene rings is 2. The van der Waals surface area contributed by atoms with E-state index in [-0.39, 0.29) is 25.4 Å². The largest absolute Gasteiger partial charge is 0.480 e. The van der Waals surface area contributed by atoms with E-state index in [0.29, 0.717) is 0 Å². The topological polar surface area (TPSA) is 66.8 Å². The number of carboxylic acid groups (broad SMARTS) is 1. The van der Waals surface area contributed by atoms with Gasteiger partial charge in [-0.05, 0) is 35.1 Å². The summed E-state index contributed by atoms with van der Waals surface area (Å²) in [6.45, 7) is -0.505. The lowest BCUT2D eigenvalue weighted by atomic mass is 9.98. The summed E-state index contributed by atoms with van der Waals surface area (Å²) in [5.41, 5.74) is 4.41. The molecule has 1 aliphatic carbocycles. The number of likely N-dealkylation sites (N-methyl/N-ethyl adjacent to an activating group) is 1. The van der Waals surface area contributed by atoms with Gasteiger partial charge >= 0.3 is 12.1 Å². The van der Waals surface area contributed by atoms with Crippen molar-refractivity contribution in [2.24, 2.45) is 0 Å². The van der Waals surface area contributed by atoms with Crippen LogP contribution in [-0.4, -0.2) is 48.4 Å². The molecule has 1 aliphatic rings. The number of carbonyl (C=O) groups is 2. The van der Waals surface area contributed by atoms with Crippen LogP contribution in [0.4, 0.5) is 9.18 Å². The Hall–Kier alpha value is -2.89. The summed E-state index contributed by atoms with van der Waals surface area (Å²) in [6.07, 6.45) is -0.590. The predicted octanol–water partition coefficient (Wildman–Crippen LogP) is 4.07. The maximum atomic E-state index is 12.4. The van der Waals surface area contributed by atoms with Crippen molar-refractivity contribution in [1.29, 1.82) is 0 Å². The first-order valence-corrected chi connectivity index (χ1v) is 8.91. The Bertz CT molecular complexity index is 793. The molecule has 5 nitrogen and oxygen atoms in total. The molecule has 2 aromatic carbocycles. The Kier molecular flexibility index (Phi) is 5.74. The maximum Gasteiger partial charge on any atom is 0.410 e. The molecule has 0 fully saturated rings. The Balaban J connectivity index is 1.73. The van der Waals surface area contributed by atoms with Gasteiger partial charge in [-0.1, -0.05) is 48.5 Å². The highest BCUT2D eigenvalue weighted by Crippen LogP contribution is 2.44. The van der Waals surface area contributed by atoms with Crippen LogP contribution in [0.25, 0.3) is 11.1 Å². The maximum absolute atomic E-state index is 12.4. The van der Waals surface area contributed by atoms with Crippen molar-refractivity contribution in [3.05, 3.63) is 59.7 Å². The van der Waals surface area contributed by atoms with Crippen LogP contribution in [0.3, 0.4) is 0 Å². The zero-order chi connectivity index (χ0) is 19.4. The first-order chi connectivity index (χ1) is 13.0. The Morgan fingerprint density at radius 3 is 2.19 bits per heavy atom. The van der Waals surface area contributed by atoms with Gasteiger partial charge in [-0.2, -0.15) is 0 Å². The fourth-order valence-electron chi connectivity index (χ4n) is 3.58. The van der Waals surface area contributed by atoms with Gasteiger partial charge < -0.3 is 9.84 Å². The summed E-state index contributed by atoms with van der Waals surface area (Å²) in [7, 11) is 1.37. The van der Waals surface area contributed by atoms with E-state index in [1.165, 1.54) is 7.05 Å². The zero-order valence-electron chi connectivity index (χ0n) is 15.1. The van der Waals surface area contributed by atoms with Crippen LogP contribution in [0.1, 0.15) is 29.9 Å². The van der Waals surface area contributed by atoms with E-state index in [9.17, 15) is 19.1 Å². The second-order valence-electron chi connectivity index (χ2n) is 6.60. The summed E-state index contributed by atoms with van der Waals surface area (Å²) in [5, 5.41) is 9.29. The number of fused-ring (bicyclic) bond motifs is 3. The van der Waals surface area contributed by atoms with E-state index < -0.39 is 24.8 Å². The monoisotopic (exact) mass is 371 g/mol. The first kappa shape index (κ1) is 18.9. The number of rotatable bonds is 7. The molecule has 3 rings (SSSR count). The Morgan fingerprint density at radius 1 is 1.11 bits per heavy atom. The number of halogens is 1. The molecule has 0 unspecified atom stereocenters. The van der Waals surface area contributed by atoms with E-state index in [1.54, 1.807) is 0 Å². The predicted molar refractivity (Wildman–Crippen MR) is 99.5 cm³/mol. The minimum absolute atomic E-state index is 0.0481. The number of hydrogen-bond acceptors (Lipinski definition) is 3. The third-order valence-corrected chi connectivity index (χ3v) is 4.99. The highest BCUT2D eigenvalue weighted by Gasteiger charge is 2.31. The number of nitrogens with zero attached hydrogens (tertiary/aromatic N) is 1. The zero-order valence-corrected chi connectivity index (χ0v) is 15.1. The van der Waals surface area contributed by atoms with Gasteiger partial charge in [0.05, 0.1) is 6.67 Å². The molecule has 1 N–H and O–H groups in total. The summed E-state index contributed by atoms with van der Waals surface area (Å²) < 4.78 is 17.8. The number of hydrogen-bond donors (Lipinski definition) is 1. The van der Waals surface area contributed by atoms with Gasteiger partial charge in [-0.3, -0.25) is 9.29 Å². The summed E-state index contributed by atoms with van der Waals surface area (Å²) >= 11 is 0. The molecule has 0 radical (unpaired) electrons. The van der Waals surface area contributed by atoms with Crippen LogP contribution in [0.2, 0.25) is 0 Å². The summed E-state index contributed by atoms with van der Waals surface area (Å²) in [6, 6.07) is 14.8. The van der Waals surface area contributed by atoms with Crippen LogP contribution in [0.15, 0.2) is 48.5 Å². The molecular formula is C21H22FNO4. The van der Waals surface area contributed by atoms with Crippen LogP contribution in [0, 0.1) is 0 Å². The molecule has 0 aromatic heterocycles. The van der Waals surface area contributed by atoms with Crippen molar-refractivity contribution in [1.82, 2.24) is 4.90 Å².